The van der Waals surface area contributed by atoms with Crippen LogP contribution in [0, 0.1) is 6.92 Å². The zero-order valence-corrected chi connectivity index (χ0v) is 23.9. The first kappa shape index (κ1) is 26.9. The summed E-state index contributed by atoms with van der Waals surface area (Å²) in [4.78, 5) is 28.7. The van der Waals surface area contributed by atoms with Crippen LogP contribution in [0.4, 0.5) is 17.3 Å². The minimum Gasteiger partial charge on any atom is -0.324 e. The molecule has 0 saturated carbocycles. The Balaban J connectivity index is 1.26. The van der Waals surface area contributed by atoms with Gasteiger partial charge in [-0.1, -0.05) is 28.1 Å². The number of carbonyl (C=O) groups excluding carboxylic acids is 1. The summed E-state index contributed by atoms with van der Waals surface area (Å²) >= 11 is 3.69. The molecule has 2 aromatic carbocycles. The van der Waals surface area contributed by atoms with E-state index in [-0.39, 0.29) is 5.91 Å². The van der Waals surface area contributed by atoms with Gasteiger partial charge in [0.15, 0.2) is 0 Å². The number of amides is 1. The molecule has 2 unspecified atom stereocenters. The number of hydrogen-bond acceptors (Lipinski definition) is 7. The van der Waals surface area contributed by atoms with Crippen LogP contribution in [0.3, 0.4) is 0 Å². The van der Waals surface area contributed by atoms with Gasteiger partial charge in [0.1, 0.15) is 0 Å². The zero-order chi connectivity index (χ0) is 27.4. The van der Waals surface area contributed by atoms with Crippen molar-refractivity contribution in [3.05, 3.63) is 94.4 Å². The molecule has 1 aliphatic heterocycles. The van der Waals surface area contributed by atoms with Crippen LogP contribution < -0.4 is 16.0 Å². The highest BCUT2D eigenvalue weighted by atomic mass is 79.9. The van der Waals surface area contributed by atoms with Crippen molar-refractivity contribution in [3.8, 4) is 11.3 Å². The lowest BCUT2D eigenvalue weighted by Crippen LogP contribution is -2.53. The third kappa shape index (κ3) is 6.86. The van der Waals surface area contributed by atoms with Gasteiger partial charge in [-0.3, -0.25) is 14.7 Å². The van der Waals surface area contributed by atoms with E-state index in [1.165, 1.54) is 5.56 Å². The SMILES string of the molecule is Cc1ccc(NC(=O)c2ccc(CN3CC(C)NC(C)C3)c(Br)c2)cc1Nc1nccc(-c2cccnc2)n1. The van der Waals surface area contributed by atoms with E-state index in [2.05, 4.69) is 65.6 Å². The molecule has 9 heteroatoms. The highest BCUT2D eigenvalue weighted by molar-refractivity contribution is 9.10. The predicted octanol–water partition coefficient (Wildman–Crippen LogP) is 5.79. The molecule has 0 bridgehead atoms. The molecule has 200 valence electrons. The quantitative estimate of drug-likeness (QED) is 0.253. The minimum atomic E-state index is -0.170. The van der Waals surface area contributed by atoms with Crippen LogP contribution in [0.2, 0.25) is 0 Å². The van der Waals surface area contributed by atoms with Gasteiger partial charge < -0.3 is 16.0 Å². The van der Waals surface area contributed by atoms with Gasteiger partial charge in [0, 0.05) is 77.3 Å². The van der Waals surface area contributed by atoms with E-state index in [9.17, 15) is 4.79 Å². The fraction of sp³-hybridized carbons (Fsp3) is 0.267. The lowest BCUT2D eigenvalue weighted by molar-refractivity contribution is 0.102. The number of carbonyl (C=O) groups is 1. The van der Waals surface area contributed by atoms with E-state index in [4.69, 9.17) is 0 Å². The molecule has 5 rings (SSSR count). The summed E-state index contributed by atoms with van der Waals surface area (Å²) < 4.78 is 0.936. The number of anilines is 3. The van der Waals surface area contributed by atoms with Gasteiger partial charge in [0.2, 0.25) is 5.95 Å². The summed E-state index contributed by atoms with van der Waals surface area (Å²) in [7, 11) is 0. The maximum atomic E-state index is 13.1. The number of nitrogens with one attached hydrogen (secondary N) is 3. The number of piperazine rings is 1. The molecule has 4 aromatic rings. The number of benzene rings is 2. The van der Waals surface area contributed by atoms with Crippen LogP contribution in [-0.2, 0) is 6.54 Å². The molecular formula is C30H32BrN7O. The smallest absolute Gasteiger partial charge is 0.255 e. The second-order valence-corrected chi connectivity index (χ2v) is 10.9. The van der Waals surface area contributed by atoms with Crippen molar-refractivity contribution >= 4 is 39.2 Å². The lowest BCUT2D eigenvalue weighted by Gasteiger charge is -2.36. The molecule has 0 radical (unpaired) electrons. The molecule has 8 nitrogen and oxygen atoms in total. The van der Waals surface area contributed by atoms with Crippen molar-refractivity contribution in [1.29, 1.82) is 0 Å². The van der Waals surface area contributed by atoms with Crippen molar-refractivity contribution < 1.29 is 4.79 Å². The largest absolute Gasteiger partial charge is 0.324 e. The Hall–Kier alpha value is -3.66. The first-order valence-electron chi connectivity index (χ1n) is 13.0. The summed E-state index contributed by atoms with van der Waals surface area (Å²) in [6, 6.07) is 18.2. The Bertz CT molecular complexity index is 1450. The number of halogens is 1. The van der Waals surface area contributed by atoms with E-state index >= 15 is 0 Å². The Kier molecular flexibility index (Phi) is 8.30. The van der Waals surface area contributed by atoms with Gasteiger partial charge in [-0.15, -0.1) is 0 Å². The monoisotopic (exact) mass is 585 g/mol. The molecule has 39 heavy (non-hydrogen) atoms. The number of hydrogen-bond donors (Lipinski definition) is 3. The van der Waals surface area contributed by atoms with E-state index < -0.39 is 0 Å². The molecule has 2 atom stereocenters. The van der Waals surface area contributed by atoms with Gasteiger partial charge in [-0.25, -0.2) is 9.97 Å². The van der Waals surface area contributed by atoms with Crippen molar-refractivity contribution in [2.45, 2.75) is 39.4 Å². The fourth-order valence-electron chi connectivity index (χ4n) is 4.88. The fourth-order valence-corrected chi connectivity index (χ4v) is 5.38. The van der Waals surface area contributed by atoms with Gasteiger partial charge in [-0.05, 0) is 74.4 Å². The van der Waals surface area contributed by atoms with Crippen LogP contribution >= 0.6 is 15.9 Å². The average molecular weight is 587 g/mol. The minimum absolute atomic E-state index is 0.170. The van der Waals surface area contributed by atoms with Crippen LogP contribution in [0.1, 0.15) is 35.3 Å². The average Bonchev–Trinajstić information content (AvgIpc) is 2.92. The molecule has 1 saturated heterocycles. The Morgan fingerprint density at radius 2 is 1.90 bits per heavy atom. The lowest BCUT2D eigenvalue weighted by atomic mass is 10.1. The summed E-state index contributed by atoms with van der Waals surface area (Å²) in [5.41, 5.74) is 5.95. The maximum absolute atomic E-state index is 13.1. The third-order valence-corrected chi connectivity index (χ3v) is 7.44. The number of aryl methyl sites for hydroxylation is 1. The maximum Gasteiger partial charge on any atom is 0.255 e. The predicted molar refractivity (Wildman–Crippen MR) is 159 cm³/mol. The topological polar surface area (TPSA) is 95.1 Å². The van der Waals surface area contributed by atoms with Crippen LogP contribution in [0.25, 0.3) is 11.3 Å². The van der Waals surface area contributed by atoms with Gasteiger partial charge in [-0.2, -0.15) is 0 Å². The Labute approximate surface area is 237 Å². The Morgan fingerprint density at radius 3 is 2.64 bits per heavy atom. The van der Waals surface area contributed by atoms with E-state index in [1.54, 1.807) is 18.6 Å². The van der Waals surface area contributed by atoms with E-state index in [0.29, 0.717) is 29.3 Å². The molecule has 3 heterocycles. The number of rotatable bonds is 7. The van der Waals surface area contributed by atoms with Crippen molar-refractivity contribution in [2.24, 2.45) is 0 Å². The molecule has 0 spiro atoms. The first-order chi connectivity index (χ1) is 18.8. The van der Waals surface area contributed by atoms with Crippen LogP contribution in [0.5, 0.6) is 0 Å². The molecule has 0 aliphatic carbocycles. The summed E-state index contributed by atoms with van der Waals surface area (Å²) in [6.07, 6.45) is 5.21. The second-order valence-electron chi connectivity index (χ2n) is 10.1. The molecular weight excluding hydrogens is 554 g/mol. The summed E-state index contributed by atoms with van der Waals surface area (Å²) in [5, 5.41) is 9.87. The molecule has 2 aromatic heterocycles. The Morgan fingerprint density at radius 1 is 1.08 bits per heavy atom. The standard InChI is InChI=1S/C30H32BrN7O/c1-19-6-9-25(14-28(19)37-30-33-12-10-27(36-30)23-5-4-11-32-15-23)35-29(39)22-7-8-24(26(31)13-22)18-38-16-20(2)34-21(3)17-38/h4-15,20-21,34H,16-18H2,1-3H3,(H,35,39)(H,33,36,37). The number of aromatic nitrogens is 3. The summed E-state index contributed by atoms with van der Waals surface area (Å²) in [5.74, 6) is 0.298. The second kappa shape index (κ2) is 12.0. The molecule has 1 amide bonds. The van der Waals surface area contributed by atoms with E-state index in [1.807, 2.05) is 61.5 Å². The summed E-state index contributed by atoms with van der Waals surface area (Å²) in [6.45, 7) is 9.27. The molecule has 1 fully saturated rings. The highest BCUT2D eigenvalue weighted by Crippen LogP contribution is 2.26. The molecule has 3 N–H and O–H groups in total. The van der Waals surface area contributed by atoms with Crippen LogP contribution in [-0.4, -0.2) is 50.9 Å². The van der Waals surface area contributed by atoms with Crippen molar-refractivity contribution in [3.63, 3.8) is 0 Å². The van der Waals surface area contributed by atoms with Gasteiger partial charge in [0.05, 0.1) is 5.69 Å². The van der Waals surface area contributed by atoms with Crippen LogP contribution in [0.15, 0.2) is 77.7 Å². The van der Waals surface area contributed by atoms with Gasteiger partial charge >= 0.3 is 0 Å². The van der Waals surface area contributed by atoms with E-state index in [0.717, 1.165) is 46.6 Å². The first-order valence-corrected chi connectivity index (χ1v) is 13.8. The normalized spacial score (nSPS) is 17.5. The van der Waals surface area contributed by atoms with Gasteiger partial charge in [0.25, 0.3) is 5.91 Å². The van der Waals surface area contributed by atoms with Crippen molar-refractivity contribution in [2.75, 3.05) is 23.7 Å². The van der Waals surface area contributed by atoms with Crippen molar-refractivity contribution in [1.82, 2.24) is 25.2 Å². The number of nitrogens with zero attached hydrogens (tertiary/aromatic N) is 4. The highest BCUT2D eigenvalue weighted by Gasteiger charge is 2.21. The third-order valence-electron chi connectivity index (χ3n) is 6.70. The zero-order valence-electron chi connectivity index (χ0n) is 22.3. The molecule has 1 aliphatic rings. The number of pyridine rings is 1.